The van der Waals surface area contributed by atoms with Gasteiger partial charge in [-0.25, -0.2) is 0 Å². The average Bonchev–Trinajstić information content (AvgIpc) is 2.85. The normalized spacial score (nSPS) is 14.0. The van der Waals surface area contributed by atoms with Crippen LogP contribution in [-0.2, 0) is 4.79 Å². The summed E-state index contributed by atoms with van der Waals surface area (Å²) in [6, 6.07) is 10.1. The van der Waals surface area contributed by atoms with E-state index in [9.17, 15) is 10.1 Å². The van der Waals surface area contributed by atoms with Crippen LogP contribution in [-0.4, -0.2) is 12.8 Å². The maximum atomic E-state index is 10.5. The number of aldehydes is 1. The summed E-state index contributed by atoms with van der Waals surface area (Å²) >= 11 is 1.49. The molecule has 1 aliphatic carbocycles. The molecule has 1 aliphatic rings. The van der Waals surface area contributed by atoms with Gasteiger partial charge in [-0.3, -0.25) is 4.79 Å². The minimum Gasteiger partial charge on any atom is -0.384 e. The SMILES string of the molecule is CCCNC1=CC=C(NSc2ccccc2/C=C/C=O)CC=C1C#N. The van der Waals surface area contributed by atoms with Crippen LogP contribution in [0.3, 0.4) is 0 Å². The number of benzene rings is 1. The maximum absolute atomic E-state index is 10.5. The summed E-state index contributed by atoms with van der Waals surface area (Å²) in [5, 5.41) is 12.6. The number of nitrogens with zero attached hydrogens (tertiary/aromatic N) is 1. The van der Waals surface area contributed by atoms with Crippen LogP contribution in [0.15, 0.2) is 70.4 Å². The van der Waals surface area contributed by atoms with Crippen LogP contribution in [0.4, 0.5) is 0 Å². The molecule has 0 unspecified atom stereocenters. The summed E-state index contributed by atoms with van der Waals surface area (Å²) in [4.78, 5) is 11.6. The molecule has 0 heterocycles. The Bertz CT molecular complexity index is 769. The minimum absolute atomic E-state index is 0.663. The molecule has 1 aromatic carbocycles. The zero-order valence-electron chi connectivity index (χ0n) is 14.2. The second-order valence-corrected chi connectivity index (χ2v) is 6.22. The molecule has 0 aliphatic heterocycles. The van der Waals surface area contributed by atoms with Crippen LogP contribution >= 0.6 is 11.9 Å². The number of rotatable bonds is 8. The first-order valence-electron chi connectivity index (χ1n) is 8.17. The highest BCUT2D eigenvalue weighted by molar-refractivity contribution is 7.97. The molecule has 4 nitrogen and oxygen atoms in total. The molecule has 2 N–H and O–H groups in total. The van der Waals surface area contributed by atoms with Crippen LogP contribution in [0.25, 0.3) is 6.08 Å². The molecular formula is C20H21N3OS. The van der Waals surface area contributed by atoms with Gasteiger partial charge in [-0.05, 0) is 48.2 Å². The second-order valence-electron chi connectivity index (χ2n) is 5.37. The van der Waals surface area contributed by atoms with Crippen molar-refractivity contribution in [2.75, 3.05) is 6.54 Å². The van der Waals surface area contributed by atoms with Crippen molar-refractivity contribution in [2.45, 2.75) is 24.7 Å². The topological polar surface area (TPSA) is 64.9 Å². The van der Waals surface area contributed by atoms with Gasteiger partial charge in [0.15, 0.2) is 0 Å². The van der Waals surface area contributed by atoms with E-state index in [1.54, 1.807) is 6.08 Å². The van der Waals surface area contributed by atoms with E-state index >= 15 is 0 Å². The number of nitriles is 1. The van der Waals surface area contributed by atoms with E-state index in [4.69, 9.17) is 0 Å². The number of nitrogens with one attached hydrogen (secondary N) is 2. The summed E-state index contributed by atoms with van der Waals surface area (Å²) in [5.41, 5.74) is 3.52. The molecule has 0 amide bonds. The molecule has 0 saturated carbocycles. The molecular weight excluding hydrogens is 330 g/mol. The molecule has 0 atom stereocenters. The summed E-state index contributed by atoms with van der Waals surface area (Å²) in [7, 11) is 0. The number of carbonyl (C=O) groups excluding carboxylic acids is 1. The Morgan fingerprint density at radius 1 is 1.32 bits per heavy atom. The Labute approximate surface area is 153 Å². The van der Waals surface area contributed by atoms with Crippen molar-refractivity contribution in [3.05, 3.63) is 71.1 Å². The van der Waals surface area contributed by atoms with Crippen LogP contribution in [0.1, 0.15) is 25.3 Å². The van der Waals surface area contributed by atoms with Crippen molar-refractivity contribution >= 4 is 24.3 Å². The molecule has 0 fully saturated rings. The minimum atomic E-state index is 0.663. The van der Waals surface area contributed by atoms with E-state index in [1.165, 1.54) is 18.0 Å². The predicted octanol–water partition coefficient (Wildman–Crippen LogP) is 4.12. The lowest BCUT2D eigenvalue weighted by Gasteiger charge is -2.09. The summed E-state index contributed by atoms with van der Waals surface area (Å²) in [6.07, 6.45) is 11.6. The van der Waals surface area contributed by atoms with Crippen LogP contribution in [0.2, 0.25) is 0 Å². The third kappa shape index (κ3) is 5.70. The maximum Gasteiger partial charge on any atom is 0.142 e. The largest absolute Gasteiger partial charge is 0.384 e. The number of hydrogen-bond donors (Lipinski definition) is 2. The van der Waals surface area contributed by atoms with Gasteiger partial charge in [0.2, 0.25) is 0 Å². The van der Waals surface area contributed by atoms with Crippen molar-refractivity contribution < 1.29 is 4.79 Å². The number of hydrogen-bond acceptors (Lipinski definition) is 5. The van der Waals surface area contributed by atoms with E-state index < -0.39 is 0 Å². The van der Waals surface area contributed by atoms with Gasteiger partial charge in [-0.2, -0.15) is 5.26 Å². The first kappa shape index (κ1) is 18.6. The van der Waals surface area contributed by atoms with Gasteiger partial charge < -0.3 is 10.0 Å². The zero-order valence-corrected chi connectivity index (χ0v) is 15.0. The van der Waals surface area contributed by atoms with Crippen LogP contribution in [0.5, 0.6) is 0 Å². The lowest BCUT2D eigenvalue weighted by atomic mass is 10.2. The monoisotopic (exact) mass is 351 g/mol. The molecule has 2 rings (SSSR count). The Kier molecular flexibility index (Phi) is 7.61. The fraction of sp³-hybridized carbons (Fsp3) is 0.200. The van der Waals surface area contributed by atoms with Crippen LogP contribution in [0, 0.1) is 11.3 Å². The lowest BCUT2D eigenvalue weighted by molar-refractivity contribution is -0.104. The molecule has 1 aromatic rings. The third-order valence-corrected chi connectivity index (χ3v) is 4.47. The highest BCUT2D eigenvalue weighted by atomic mass is 32.2. The van der Waals surface area contributed by atoms with Gasteiger partial charge >= 0.3 is 0 Å². The van der Waals surface area contributed by atoms with E-state index in [2.05, 4.69) is 23.0 Å². The number of allylic oxidation sites excluding steroid dienone is 5. The molecule has 0 spiro atoms. The summed E-state index contributed by atoms with van der Waals surface area (Å²) in [5.74, 6) is 0. The quantitative estimate of drug-likeness (QED) is 0.419. The third-order valence-electron chi connectivity index (χ3n) is 3.52. The molecule has 0 radical (unpaired) electrons. The molecule has 0 saturated heterocycles. The molecule has 25 heavy (non-hydrogen) atoms. The van der Waals surface area contributed by atoms with Crippen molar-refractivity contribution in [1.82, 2.24) is 10.0 Å². The van der Waals surface area contributed by atoms with E-state index in [0.29, 0.717) is 12.0 Å². The van der Waals surface area contributed by atoms with Crippen molar-refractivity contribution in [3.63, 3.8) is 0 Å². The second kappa shape index (κ2) is 10.2. The summed E-state index contributed by atoms with van der Waals surface area (Å²) in [6.45, 7) is 2.93. The van der Waals surface area contributed by atoms with E-state index in [-0.39, 0.29) is 0 Å². The van der Waals surface area contributed by atoms with Crippen molar-refractivity contribution in [1.29, 1.82) is 5.26 Å². The van der Waals surface area contributed by atoms with Gasteiger partial charge in [0.05, 0.1) is 11.3 Å². The highest BCUT2D eigenvalue weighted by Crippen LogP contribution is 2.24. The van der Waals surface area contributed by atoms with E-state index in [1.807, 2.05) is 42.5 Å². The van der Waals surface area contributed by atoms with Gasteiger partial charge in [0.25, 0.3) is 0 Å². The fourth-order valence-corrected chi connectivity index (χ4v) is 3.03. The molecule has 0 bridgehead atoms. The van der Waals surface area contributed by atoms with Gasteiger partial charge in [-0.1, -0.05) is 37.3 Å². The standard InChI is InChI=1S/C20H21N3OS/c1-2-13-22-19-12-11-18(10-9-17(19)15-21)23-25-20-8-4-3-6-16(20)7-5-14-24/h3-9,11-12,14,22-23H,2,10,13H2,1H3/b7-5+. The molecule has 128 valence electrons. The smallest absolute Gasteiger partial charge is 0.142 e. The Morgan fingerprint density at radius 3 is 2.92 bits per heavy atom. The molecule has 0 aromatic heterocycles. The van der Waals surface area contributed by atoms with Gasteiger partial charge in [0.1, 0.15) is 12.4 Å². The summed E-state index contributed by atoms with van der Waals surface area (Å²) < 4.78 is 3.35. The zero-order chi connectivity index (χ0) is 17.9. The molecule has 5 heteroatoms. The Morgan fingerprint density at radius 2 is 2.16 bits per heavy atom. The van der Waals surface area contributed by atoms with Gasteiger partial charge in [0, 0.05) is 23.6 Å². The van der Waals surface area contributed by atoms with Crippen molar-refractivity contribution in [2.24, 2.45) is 0 Å². The average molecular weight is 351 g/mol. The first-order chi connectivity index (χ1) is 12.3. The van der Waals surface area contributed by atoms with E-state index in [0.717, 1.165) is 41.1 Å². The lowest BCUT2D eigenvalue weighted by Crippen LogP contribution is -2.15. The Hall–Kier alpha value is -2.71. The Balaban J connectivity index is 2.09. The van der Waals surface area contributed by atoms with Gasteiger partial charge in [-0.15, -0.1) is 0 Å². The fourth-order valence-electron chi connectivity index (χ4n) is 2.23. The first-order valence-corrected chi connectivity index (χ1v) is 8.99. The number of carbonyl (C=O) groups is 1. The predicted molar refractivity (Wildman–Crippen MR) is 103 cm³/mol. The van der Waals surface area contributed by atoms with Crippen molar-refractivity contribution in [3.8, 4) is 6.07 Å². The highest BCUT2D eigenvalue weighted by Gasteiger charge is 2.08. The van der Waals surface area contributed by atoms with Crippen LogP contribution < -0.4 is 10.0 Å².